The average Bonchev–Trinajstić information content (AvgIpc) is 3.01. The van der Waals surface area contributed by atoms with Gasteiger partial charge in [0.15, 0.2) is 0 Å². The maximum absolute atomic E-state index is 4.50. The van der Waals surface area contributed by atoms with E-state index in [4.69, 9.17) is 0 Å². The molecule has 1 aliphatic carbocycles. The molecule has 0 radical (unpaired) electrons. The van der Waals surface area contributed by atoms with Gasteiger partial charge in [-0.15, -0.1) is 0 Å². The summed E-state index contributed by atoms with van der Waals surface area (Å²) in [5.41, 5.74) is 0.929. The lowest BCUT2D eigenvalue weighted by molar-refractivity contribution is 0.285. The monoisotopic (exact) mass is 332 g/mol. The minimum Gasteiger partial charge on any atom is -0.356 e. The quantitative estimate of drug-likeness (QED) is 0.781. The Balaban J connectivity index is 1.48. The van der Waals surface area contributed by atoms with Crippen LogP contribution in [0.2, 0.25) is 0 Å². The summed E-state index contributed by atoms with van der Waals surface area (Å²) in [7, 11) is 2.17. The van der Waals surface area contributed by atoms with Crippen molar-refractivity contribution in [3.05, 3.63) is 18.6 Å². The Morgan fingerprint density at radius 1 is 1.30 bits per heavy atom. The molecule has 0 unspecified atom stereocenters. The Morgan fingerprint density at radius 2 is 2.09 bits per heavy atom. The van der Waals surface area contributed by atoms with Crippen LogP contribution in [-0.2, 0) is 0 Å². The van der Waals surface area contributed by atoms with Gasteiger partial charge in [0.2, 0.25) is 0 Å². The molecule has 2 heterocycles. The van der Waals surface area contributed by atoms with Gasteiger partial charge in [0.05, 0.1) is 5.39 Å². The van der Waals surface area contributed by atoms with Gasteiger partial charge >= 0.3 is 0 Å². The zero-order valence-electron chi connectivity index (χ0n) is 14.5. The number of hydrogen-bond donors (Lipinski definition) is 1. The molecule has 0 saturated heterocycles. The number of nitrogens with zero attached hydrogens (tertiary/aromatic N) is 3. The maximum atomic E-state index is 4.50. The Morgan fingerprint density at radius 3 is 2.83 bits per heavy atom. The molecule has 2 aromatic rings. The molecular weight excluding hydrogens is 304 g/mol. The van der Waals surface area contributed by atoms with Crippen molar-refractivity contribution in [1.29, 1.82) is 0 Å². The van der Waals surface area contributed by atoms with E-state index in [2.05, 4.69) is 58.6 Å². The van der Waals surface area contributed by atoms with Crippen molar-refractivity contribution >= 4 is 28.6 Å². The summed E-state index contributed by atoms with van der Waals surface area (Å²) < 4.78 is 0. The maximum Gasteiger partial charge on any atom is 0.142 e. The molecule has 4 nitrogen and oxygen atoms in total. The topological polar surface area (TPSA) is 44.8 Å². The highest BCUT2D eigenvalue weighted by molar-refractivity contribution is 7.99. The third-order valence-electron chi connectivity index (χ3n) is 5.29. The van der Waals surface area contributed by atoms with Crippen LogP contribution in [0.25, 0.3) is 11.0 Å². The van der Waals surface area contributed by atoms with Crippen LogP contribution in [0, 0.1) is 11.8 Å². The third-order valence-corrected chi connectivity index (χ3v) is 6.70. The first-order chi connectivity index (χ1) is 11.2. The van der Waals surface area contributed by atoms with Crippen LogP contribution >= 0.6 is 11.8 Å². The third kappa shape index (κ3) is 3.65. The fraction of sp³-hybridized carbons (Fsp3) is 0.667. The van der Waals surface area contributed by atoms with E-state index in [9.17, 15) is 0 Å². The van der Waals surface area contributed by atoms with Gasteiger partial charge in [0.25, 0.3) is 0 Å². The van der Waals surface area contributed by atoms with Gasteiger partial charge in [-0.25, -0.2) is 9.97 Å². The molecule has 0 amide bonds. The normalized spacial score (nSPS) is 20.9. The number of hydrogen-bond acceptors (Lipinski definition) is 4. The summed E-state index contributed by atoms with van der Waals surface area (Å²) in [6.45, 7) is 4.62. The van der Waals surface area contributed by atoms with Crippen LogP contribution in [0.5, 0.6) is 0 Å². The van der Waals surface area contributed by atoms with E-state index in [1.54, 1.807) is 6.33 Å². The van der Waals surface area contributed by atoms with Crippen LogP contribution < -0.4 is 4.90 Å². The molecule has 0 aromatic carbocycles. The van der Waals surface area contributed by atoms with Crippen molar-refractivity contribution < 1.29 is 0 Å². The zero-order valence-corrected chi connectivity index (χ0v) is 15.3. The summed E-state index contributed by atoms with van der Waals surface area (Å²) in [6, 6.07) is 2.70. The molecule has 1 saturated carbocycles. The highest BCUT2D eigenvalue weighted by Gasteiger charge is 2.33. The van der Waals surface area contributed by atoms with E-state index in [0.29, 0.717) is 6.04 Å². The second-order valence-electron chi connectivity index (χ2n) is 6.76. The number of anilines is 1. The van der Waals surface area contributed by atoms with E-state index in [0.717, 1.165) is 28.7 Å². The number of H-pyrrole nitrogens is 1. The van der Waals surface area contributed by atoms with E-state index in [1.165, 1.54) is 37.2 Å². The molecule has 23 heavy (non-hydrogen) atoms. The minimum absolute atomic E-state index is 0.627. The number of thioether (sulfide) groups is 1. The lowest BCUT2D eigenvalue weighted by Gasteiger charge is -2.42. The summed E-state index contributed by atoms with van der Waals surface area (Å²) >= 11 is 2.16. The number of rotatable bonds is 8. The molecule has 5 heteroatoms. The highest BCUT2D eigenvalue weighted by atomic mass is 32.2. The largest absolute Gasteiger partial charge is 0.356 e. The van der Waals surface area contributed by atoms with Gasteiger partial charge in [-0.05, 0) is 42.2 Å². The lowest BCUT2D eigenvalue weighted by Crippen LogP contribution is -2.44. The SMILES string of the molecule is CCC(CC)CSC[C@H]1C[C@@H](N(C)c2ncnc3[nH]ccc23)C1. The van der Waals surface area contributed by atoms with Gasteiger partial charge in [0, 0.05) is 19.3 Å². The van der Waals surface area contributed by atoms with Gasteiger partial charge < -0.3 is 9.88 Å². The molecule has 1 fully saturated rings. The molecule has 3 rings (SSSR count). The van der Waals surface area contributed by atoms with Crippen molar-refractivity contribution in [3.8, 4) is 0 Å². The van der Waals surface area contributed by atoms with Crippen molar-refractivity contribution in [2.75, 3.05) is 23.5 Å². The minimum atomic E-state index is 0.627. The zero-order chi connectivity index (χ0) is 16.2. The number of nitrogens with one attached hydrogen (secondary N) is 1. The van der Waals surface area contributed by atoms with Crippen molar-refractivity contribution in [1.82, 2.24) is 15.0 Å². The van der Waals surface area contributed by atoms with Crippen molar-refractivity contribution in [2.24, 2.45) is 11.8 Å². The Kier molecular flexibility index (Phi) is 5.46. The first-order valence-electron chi connectivity index (χ1n) is 8.81. The number of aromatic amines is 1. The molecular formula is C18H28N4S. The summed E-state index contributed by atoms with van der Waals surface area (Å²) in [4.78, 5) is 14.3. The fourth-order valence-electron chi connectivity index (χ4n) is 3.39. The Hall–Kier alpha value is -1.23. The molecule has 1 aliphatic rings. The van der Waals surface area contributed by atoms with Crippen LogP contribution in [0.1, 0.15) is 39.5 Å². The molecule has 0 aliphatic heterocycles. The van der Waals surface area contributed by atoms with Crippen molar-refractivity contribution in [2.45, 2.75) is 45.6 Å². The van der Waals surface area contributed by atoms with Gasteiger partial charge in [0.1, 0.15) is 17.8 Å². The fourth-order valence-corrected chi connectivity index (χ4v) is 4.94. The molecule has 2 aromatic heterocycles. The van der Waals surface area contributed by atoms with Gasteiger partial charge in [-0.2, -0.15) is 11.8 Å². The summed E-state index contributed by atoms with van der Waals surface area (Å²) in [6.07, 6.45) is 8.82. The lowest BCUT2D eigenvalue weighted by atomic mass is 9.81. The average molecular weight is 333 g/mol. The highest BCUT2D eigenvalue weighted by Crippen LogP contribution is 2.37. The molecule has 0 atom stereocenters. The predicted octanol–water partition coefficient (Wildman–Crippen LogP) is 4.34. The molecule has 1 N–H and O–H groups in total. The molecule has 126 valence electrons. The smallest absolute Gasteiger partial charge is 0.142 e. The first kappa shape index (κ1) is 16.6. The Bertz CT molecular complexity index is 616. The van der Waals surface area contributed by atoms with Gasteiger partial charge in [-0.3, -0.25) is 0 Å². The summed E-state index contributed by atoms with van der Waals surface area (Å²) in [5, 5.41) is 1.13. The Labute approximate surface area is 143 Å². The standard InChI is InChI=1S/C18H28N4S/c1-4-13(5-2)10-23-11-14-8-15(9-14)22(3)18-16-6-7-19-17(16)20-12-21-18/h6-7,12-15H,4-5,8-11H2,1-3H3,(H,19,20,21)/t14-,15+. The van der Waals surface area contributed by atoms with E-state index < -0.39 is 0 Å². The van der Waals surface area contributed by atoms with E-state index in [-0.39, 0.29) is 0 Å². The van der Waals surface area contributed by atoms with Crippen LogP contribution in [0.4, 0.5) is 5.82 Å². The van der Waals surface area contributed by atoms with Crippen LogP contribution in [-0.4, -0.2) is 39.5 Å². The van der Waals surface area contributed by atoms with Crippen molar-refractivity contribution in [3.63, 3.8) is 0 Å². The predicted molar refractivity (Wildman–Crippen MR) is 100 cm³/mol. The second kappa shape index (κ2) is 7.56. The molecule has 0 spiro atoms. The number of fused-ring (bicyclic) bond motifs is 1. The molecule has 0 bridgehead atoms. The van der Waals surface area contributed by atoms with Crippen LogP contribution in [0.3, 0.4) is 0 Å². The second-order valence-corrected chi connectivity index (χ2v) is 7.83. The first-order valence-corrected chi connectivity index (χ1v) is 9.97. The van der Waals surface area contributed by atoms with Crippen LogP contribution in [0.15, 0.2) is 18.6 Å². The van der Waals surface area contributed by atoms with Gasteiger partial charge in [-0.1, -0.05) is 26.7 Å². The van der Waals surface area contributed by atoms with E-state index >= 15 is 0 Å². The van der Waals surface area contributed by atoms with E-state index in [1.807, 2.05) is 6.20 Å². The summed E-state index contributed by atoms with van der Waals surface area (Å²) in [5.74, 6) is 5.50. The number of aromatic nitrogens is 3.